The number of rotatable bonds is 7. The molecule has 4 aromatic rings. The van der Waals surface area contributed by atoms with E-state index in [1.54, 1.807) is 30.5 Å². The summed E-state index contributed by atoms with van der Waals surface area (Å²) >= 11 is 13.7. The van der Waals surface area contributed by atoms with Crippen LogP contribution in [0.1, 0.15) is 41.0 Å². The first-order valence-electron chi connectivity index (χ1n) is 10.5. The Kier molecular flexibility index (Phi) is 7.22. The van der Waals surface area contributed by atoms with Crippen molar-refractivity contribution >= 4 is 40.9 Å². The first kappa shape index (κ1) is 25.2. The number of carboxylic acid groups (broad SMARTS) is 1. The Morgan fingerprint density at radius 3 is 2.34 bits per heavy atom. The highest BCUT2D eigenvalue weighted by Gasteiger charge is 2.30. The van der Waals surface area contributed by atoms with E-state index in [0.29, 0.717) is 26.5 Å². The van der Waals surface area contributed by atoms with Crippen LogP contribution in [-0.2, 0) is 11.2 Å². The molecule has 4 rings (SSSR count). The Morgan fingerprint density at radius 2 is 1.69 bits per heavy atom. The van der Waals surface area contributed by atoms with Crippen LogP contribution < -0.4 is 0 Å². The highest BCUT2D eigenvalue weighted by molar-refractivity contribution is 7.98. The Balaban J connectivity index is 1.79. The number of thioether (sulfide) groups is 1. The molecule has 35 heavy (non-hydrogen) atoms. The van der Waals surface area contributed by atoms with Gasteiger partial charge < -0.3 is 5.11 Å². The van der Waals surface area contributed by atoms with Crippen molar-refractivity contribution in [2.24, 2.45) is 0 Å². The largest absolute Gasteiger partial charge is 0.478 e. The molecule has 0 saturated carbocycles. The lowest BCUT2D eigenvalue weighted by Crippen LogP contribution is -2.23. The summed E-state index contributed by atoms with van der Waals surface area (Å²) < 4.78 is 29.2. The van der Waals surface area contributed by atoms with Crippen LogP contribution in [0.2, 0.25) is 10.0 Å². The third-order valence-electron chi connectivity index (χ3n) is 5.76. The van der Waals surface area contributed by atoms with Crippen molar-refractivity contribution < 1.29 is 18.7 Å². The Bertz CT molecular complexity index is 1410. The number of nitrogens with zero attached hydrogens (tertiary/aromatic N) is 2. The van der Waals surface area contributed by atoms with E-state index in [4.69, 9.17) is 23.2 Å². The lowest BCUT2D eigenvalue weighted by atomic mass is 9.81. The first-order valence-corrected chi connectivity index (χ1v) is 12.3. The van der Waals surface area contributed by atoms with Gasteiger partial charge in [0, 0.05) is 16.9 Å². The van der Waals surface area contributed by atoms with Crippen molar-refractivity contribution in [3.63, 3.8) is 0 Å². The molecule has 0 fully saturated rings. The highest BCUT2D eigenvalue weighted by Crippen LogP contribution is 2.38. The third kappa shape index (κ3) is 5.22. The molecule has 4 nitrogen and oxygen atoms in total. The molecule has 0 aliphatic heterocycles. The smallest absolute Gasteiger partial charge is 0.336 e. The molecule has 9 heteroatoms. The van der Waals surface area contributed by atoms with Gasteiger partial charge in [0.05, 0.1) is 27.5 Å². The standard InChI is InChI=1S/C26H20Cl2F2N2O2S/c1-26(2,16-4-10-21(27)22(28)11-16)23-13-31-25(32(23)19-8-6-17(29)7-9-19)35-14-15-3-5-18(30)12-20(15)24(33)34/h3-13H,14H2,1-2H3,(H,33,34). The van der Waals surface area contributed by atoms with Gasteiger partial charge in [0.15, 0.2) is 5.16 Å². The molecule has 0 spiro atoms. The van der Waals surface area contributed by atoms with Gasteiger partial charge in [-0.3, -0.25) is 4.57 Å². The summed E-state index contributed by atoms with van der Waals surface area (Å²) in [6.07, 6.45) is 1.73. The summed E-state index contributed by atoms with van der Waals surface area (Å²) in [7, 11) is 0. The van der Waals surface area contributed by atoms with E-state index in [1.165, 1.54) is 36.0 Å². The van der Waals surface area contributed by atoms with Gasteiger partial charge in [0.2, 0.25) is 0 Å². The molecule has 1 heterocycles. The molecule has 0 atom stereocenters. The minimum atomic E-state index is -1.21. The minimum absolute atomic E-state index is 0.103. The average Bonchev–Trinajstić information content (AvgIpc) is 3.25. The molecule has 0 aliphatic rings. The molecule has 0 aliphatic carbocycles. The molecular weight excluding hydrogens is 513 g/mol. The van der Waals surface area contributed by atoms with Crippen LogP contribution >= 0.6 is 35.0 Å². The predicted molar refractivity (Wildman–Crippen MR) is 135 cm³/mol. The summed E-state index contributed by atoms with van der Waals surface area (Å²) in [5.41, 5.74) is 2.18. The van der Waals surface area contributed by atoms with Crippen LogP contribution in [0.25, 0.3) is 5.69 Å². The van der Waals surface area contributed by atoms with Gasteiger partial charge in [-0.1, -0.05) is 60.9 Å². The van der Waals surface area contributed by atoms with Crippen molar-refractivity contribution in [3.8, 4) is 5.69 Å². The van der Waals surface area contributed by atoms with Gasteiger partial charge in [0.25, 0.3) is 0 Å². The zero-order valence-corrected chi connectivity index (χ0v) is 21.1. The predicted octanol–water partition coefficient (Wildman–Crippen LogP) is 7.77. The number of hydrogen-bond acceptors (Lipinski definition) is 3. The number of hydrogen-bond donors (Lipinski definition) is 1. The molecule has 0 unspecified atom stereocenters. The van der Waals surface area contributed by atoms with Crippen LogP contribution in [0.3, 0.4) is 0 Å². The first-order chi connectivity index (χ1) is 16.6. The lowest BCUT2D eigenvalue weighted by molar-refractivity contribution is 0.0695. The molecule has 3 aromatic carbocycles. The van der Waals surface area contributed by atoms with E-state index in [1.807, 2.05) is 24.5 Å². The van der Waals surface area contributed by atoms with Crippen molar-refractivity contribution in [3.05, 3.63) is 111 Å². The summed E-state index contributed by atoms with van der Waals surface area (Å²) in [5.74, 6) is -1.95. The highest BCUT2D eigenvalue weighted by atomic mass is 35.5. The fourth-order valence-corrected chi connectivity index (χ4v) is 5.06. The summed E-state index contributed by atoms with van der Waals surface area (Å²) in [5, 5.41) is 10.9. The number of carboxylic acids is 1. The Labute approximate surface area is 215 Å². The number of aromatic nitrogens is 2. The lowest BCUT2D eigenvalue weighted by Gasteiger charge is -2.28. The zero-order chi connectivity index (χ0) is 25.3. The molecule has 180 valence electrons. The SMILES string of the molecule is CC(C)(c1ccc(Cl)c(Cl)c1)c1cnc(SCc2ccc(F)cc2C(=O)O)n1-c1ccc(F)cc1. The maximum Gasteiger partial charge on any atom is 0.336 e. The molecular formula is C26H20Cl2F2N2O2S. The molecule has 0 bridgehead atoms. The van der Waals surface area contributed by atoms with E-state index >= 15 is 0 Å². The van der Waals surface area contributed by atoms with E-state index < -0.39 is 17.2 Å². The number of imidazole rings is 1. The van der Waals surface area contributed by atoms with Crippen molar-refractivity contribution in [1.29, 1.82) is 0 Å². The Morgan fingerprint density at radius 1 is 1.00 bits per heavy atom. The Hall–Kier alpha value is -2.87. The summed E-state index contributed by atoms with van der Waals surface area (Å²) in [4.78, 5) is 16.2. The van der Waals surface area contributed by atoms with Crippen LogP contribution in [0, 0.1) is 11.6 Å². The average molecular weight is 533 g/mol. The monoisotopic (exact) mass is 532 g/mol. The van der Waals surface area contributed by atoms with Gasteiger partial charge in [-0.2, -0.15) is 0 Å². The van der Waals surface area contributed by atoms with E-state index in [-0.39, 0.29) is 17.1 Å². The zero-order valence-electron chi connectivity index (χ0n) is 18.7. The van der Waals surface area contributed by atoms with Crippen molar-refractivity contribution in [1.82, 2.24) is 9.55 Å². The van der Waals surface area contributed by atoms with Crippen molar-refractivity contribution in [2.75, 3.05) is 0 Å². The molecule has 0 amide bonds. The normalized spacial score (nSPS) is 11.6. The van der Waals surface area contributed by atoms with Gasteiger partial charge in [-0.05, 0) is 59.7 Å². The number of carbonyl (C=O) groups is 1. The number of aromatic carboxylic acids is 1. The van der Waals surface area contributed by atoms with E-state index in [0.717, 1.165) is 17.3 Å². The van der Waals surface area contributed by atoms with Crippen LogP contribution in [0.4, 0.5) is 8.78 Å². The molecule has 0 saturated heterocycles. The van der Waals surface area contributed by atoms with Gasteiger partial charge in [-0.15, -0.1) is 0 Å². The van der Waals surface area contributed by atoms with Gasteiger partial charge in [0.1, 0.15) is 11.6 Å². The maximum atomic E-state index is 13.7. The van der Waals surface area contributed by atoms with Crippen molar-refractivity contribution in [2.45, 2.75) is 30.2 Å². The van der Waals surface area contributed by atoms with Gasteiger partial charge >= 0.3 is 5.97 Å². The maximum absolute atomic E-state index is 13.7. The second kappa shape index (κ2) is 10.0. The van der Waals surface area contributed by atoms with Crippen LogP contribution in [0.5, 0.6) is 0 Å². The van der Waals surface area contributed by atoms with E-state index in [9.17, 15) is 18.7 Å². The third-order valence-corrected chi connectivity index (χ3v) is 7.50. The number of benzene rings is 3. The van der Waals surface area contributed by atoms with Gasteiger partial charge in [-0.25, -0.2) is 18.6 Å². The van der Waals surface area contributed by atoms with Crippen LogP contribution in [0.15, 0.2) is 72.0 Å². The quantitative estimate of drug-likeness (QED) is 0.247. The molecule has 1 N–H and O–H groups in total. The summed E-state index contributed by atoms with van der Waals surface area (Å²) in [6.45, 7) is 4.03. The van der Waals surface area contributed by atoms with E-state index in [2.05, 4.69) is 4.98 Å². The second-order valence-electron chi connectivity index (χ2n) is 8.39. The summed E-state index contributed by atoms with van der Waals surface area (Å²) in [6, 6.07) is 15.1. The fourth-order valence-electron chi connectivity index (χ4n) is 3.77. The number of halogens is 4. The second-order valence-corrected chi connectivity index (χ2v) is 10.1. The molecule has 1 aromatic heterocycles. The minimum Gasteiger partial charge on any atom is -0.478 e. The topological polar surface area (TPSA) is 55.1 Å². The molecule has 0 radical (unpaired) electrons. The van der Waals surface area contributed by atoms with Crippen LogP contribution in [-0.4, -0.2) is 20.6 Å². The fraction of sp³-hybridized carbons (Fsp3) is 0.154.